The van der Waals surface area contributed by atoms with E-state index in [4.69, 9.17) is 10.00 Å². The van der Waals surface area contributed by atoms with Gasteiger partial charge in [-0.15, -0.1) is 0 Å². The van der Waals surface area contributed by atoms with Gasteiger partial charge in [0.15, 0.2) is 5.78 Å². The first-order valence-electron chi connectivity index (χ1n) is 6.13. The molecule has 1 aliphatic rings. The molecule has 94 valence electrons. The van der Waals surface area contributed by atoms with Crippen molar-refractivity contribution < 1.29 is 9.53 Å². The van der Waals surface area contributed by atoms with E-state index in [2.05, 4.69) is 4.90 Å². The summed E-state index contributed by atoms with van der Waals surface area (Å²) in [6, 6.07) is 8.84. The number of nitriles is 1. The maximum atomic E-state index is 12.1. The van der Waals surface area contributed by atoms with E-state index < -0.39 is 0 Å². The Labute approximate surface area is 107 Å². The molecule has 2 rings (SSSR count). The van der Waals surface area contributed by atoms with Gasteiger partial charge in [-0.25, -0.2) is 0 Å². The zero-order valence-electron chi connectivity index (χ0n) is 10.3. The molecule has 0 N–H and O–H groups in total. The summed E-state index contributed by atoms with van der Waals surface area (Å²) in [6.45, 7) is 3.61. The highest BCUT2D eigenvalue weighted by molar-refractivity contribution is 5.97. The maximum absolute atomic E-state index is 12.1. The quantitative estimate of drug-likeness (QED) is 0.755. The van der Waals surface area contributed by atoms with Crippen LogP contribution < -0.4 is 0 Å². The van der Waals surface area contributed by atoms with Crippen molar-refractivity contribution in [3.05, 3.63) is 35.4 Å². The summed E-state index contributed by atoms with van der Waals surface area (Å²) in [5.74, 6) is 0.0985. The van der Waals surface area contributed by atoms with Crippen LogP contribution in [0.5, 0.6) is 0 Å². The second-order valence-corrected chi connectivity index (χ2v) is 4.35. The lowest BCUT2D eigenvalue weighted by molar-refractivity contribution is 0.0922. The second-order valence-electron chi connectivity index (χ2n) is 4.35. The van der Waals surface area contributed by atoms with Crippen molar-refractivity contribution in [3.63, 3.8) is 0 Å². The fraction of sp³-hybridized carbons (Fsp3) is 0.429. The molecule has 0 atom stereocenters. The Hall–Kier alpha value is -1.70. The Morgan fingerprint density at radius 2 is 2.06 bits per heavy atom. The van der Waals surface area contributed by atoms with Gasteiger partial charge in [-0.3, -0.25) is 9.69 Å². The molecule has 0 radical (unpaired) electrons. The highest BCUT2D eigenvalue weighted by atomic mass is 16.5. The molecule has 1 aliphatic heterocycles. The van der Waals surface area contributed by atoms with E-state index in [-0.39, 0.29) is 5.78 Å². The summed E-state index contributed by atoms with van der Waals surface area (Å²) in [5.41, 5.74) is 1.24. The van der Waals surface area contributed by atoms with E-state index in [9.17, 15) is 4.79 Å². The number of rotatable bonds is 3. The summed E-state index contributed by atoms with van der Waals surface area (Å²) >= 11 is 0. The molecule has 1 fully saturated rings. The van der Waals surface area contributed by atoms with Gasteiger partial charge in [-0.2, -0.15) is 5.26 Å². The van der Waals surface area contributed by atoms with Gasteiger partial charge in [0.25, 0.3) is 0 Å². The first-order chi connectivity index (χ1) is 8.79. The van der Waals surface area contributed by atoms with Crippen LogP contribution in [0.15, 0.2) is 24.3 Å². The number of hydrogen-bond acceptors (Lipinski definition) is 4. The molecule has 1 saturated heterocycles. The smallest absolute Gasteiger partial charge is 0.176 e. The Bertz CT molecular complexity index is 440. The molecule has 0 saturated carbocycles. The normalized spacial score (nSPS) is 16.8. The van der Waals surface area contributed by atoms with Crippen molar-refractivity contribution in [2.45, 2.75) is 6.42 Å². The predicted octanol–water partition coefficient (Wildman–Crippen LogP) is 1.46. The van der Waals surface area contributed by atoms with E-state index in [0.29, 0.717) is 24.3 Å². The number of carbonyl (C=O) groups is 1. The predicted molar refractivity (Wildman–Crippen MR) is 67.4 cm³/mol. The van der Waals surface area contributed by atoms with E-state index in [0.717, 1.165) is 26.1 Å². The Morgan fingerprint density at radius 1 is 1.28 bits per heavy atom. The Balaban J connectivity index is 1.95. The molecule has 4 heteroatoms. The summed E-state index contributed by atoms with van der Waals surface area (Å²) in [4.78, 5) is 14.2. The van der Waals surface area contributed by atoms with E-state index >= 15 is 0 Å². The molecule has 18 heavy (non-hydrogen) atoms. The molecular weight excluding hydrogens is 228 g/mol. The van der Waals surface area contributed by atoms with Gasteiger partial charge in [0, 0.05) is 25.3 Å². The molecule has 0 spiro atoms. The van der Waals surface area contributed by atoms with Crippen LogP contribution in [0.3, 0.4) is 0 Å². The van der Waals surface area contributed by atoms with Crippen molar-refractivity contribution >= 4 is 5.78 Å². The largest absolute Gasteiger partial charge is 0.380 e. The molecule has 1 aromatic carbocycles. The zero-order chi connectivity index (χ0) is 12.8. The molecule has 1 aromatic rings. The minimum Gasteiger partial charge on any atom is -0.380 e. The summed E-state index contributed by atoms with van der Waals surface area (Å²) < 4.78 is 5.35. The fourth-order valence-electron chi connectivity index (χ4n) is 1.98. The maximum Gasteiger partial charge on any atom is 0.176 e. The van der Waals surface area contributed by atoms with Crippen LogP contribution in [0.25, 0.3) is 0 Å². The van der Waals surface area contributed by atoms with Crippen LogP contribution >= 0.6 is 0 Å². The lowest BCUT2D eigenvalue weighted by atomic mass is 10.1. The molecule has 0 unspecified atom stereocenters. The topological polar surface area (TPSA) is 53.3 Å². The minimum absolute atomic E-state index is 0.0985. The lowest BCUT2D eigenvalue weighted by Crippen LogP contribution is -2.32. The summed E-state index contributed by atoms with van der Waals surface area (Å²) in [7, 11) is 0. The number of nitrogens with zero attached hydrogens (tertiary/aromatic N) is 2. The number of Topliss-reactive ketones (excluding diaryl/α,β-unsaturated/α-hetero) is 1. The van der Waals surface area contributed by atoms with Crippen LogP contribution in [0.4, 0.5) is 0 Å². The zero-order valence-corrected chi connectivity index (χ0v) is 10.3. The van der Waals surface area contributed by atoms with Gasteiger partial charge in [-0.05, 0) is 18.6 Å². The first kappa shape index (κ1) is 12.7. The molecule has 0 amide bonds. The average Bonchev–Trinajstić information content (AvgIpc) is 2.67. The monoisotopic (exact) mass is 244 g/mol. The molecule has 4 nitrogen and oxygen atoms in total. The van der Waals surface area contributed by atoms with Crippen LogP contribution in [-0.2, 0) is 4.74 Å². The number of carbonyl (C=O) groups excluding carboxylic acids is 1. The van der Waals surface area contributed by atoms with Crippen LogP contribution in [0, 0.1) is 11.3 Å². The van der Waals surface area contributed by atoms with Gasteiger partial charge < -0.3 is 4.74 Å². The third-order valence-electron chi connectivity index (χ3n) is 3.02. The molecular formula is C14H16N2O2. The van der Waals surface area contributed by atoms with Crippen molar-refractivity contribution in [2.75, 3.05) is 32.8 Å². The lowest BCUT2D eigenvalue weighted by Gasteiger charge is -2.17. The van der Waals surface area contributed by atoms with E-state index in [1.807, 2.05) is 6.07 Å². The van der Waals surface area contributed by atoms with Gasteiger partial charge in [0.2, 0.25) is 0 Å². The first-order valence-corrected chi connectivity index (χ1v) is 6.13. The number of benzene rings is 1. The third kappa shape index (κ3) is 3.39. The number of ether oxygens (including phenoxy) is 1. The fourth-order valence-corrected chi connectivity index (χ4v) is 1.98. The Morgan fingerprint density at radius 3 is 2.78 bits per heavy atom. The second kappa shape index (κ2) is 6.29. The van der Waals surface area contributed by atoms with Gasteiger partial charge in [-0.1, -0.05) is 12.1 Å². The highest BCUT2D eigenvalue weighted by Crippen LogP contribution is 2.07. The van der Waals surface area contributed by atoms with Crippen molar-refractivity contribution in [3.8, 4) is 6.07 Å². The van der Waals surface area contributed by atoms with Crippen molar-refractivity contribution in [1.29, 1.82) is 5.26 Å². The highest BCUT2D eigenvalue weighted by Gasteiger charge is 2.14. The minimum atomic E-state index is 0.0985. The van der Waals surface area contributed by atoms with E-state index in [1.54, 1.807) is 24.3 Å². The molecule has 1 heterocycles. The molecule has 0 aromatic heterocycles. The Kier molecular flexibility index (Phi) is 4.46. The van der Waals surface area contributed by atoms with Crippen molar-refractivity contribution in [1.82, 2.24) is 4.90 Å². The number of ketones is 1. The summed E-state index contributed by atoms with van der Waals surface area (Å²) in [6.07, 6.45) is 0.973. The summed E-state index contributed by atoms with van der Waals surface area (Å²) in [5, 5.41) is 8.70. The SMILES string of the molecule is N#Cc1ccc(C(=O)CN2CCCOCC2)cc1. The van der Waals surface area contributed by atoms with Crippen LogP contribution in [0.1, 0.15) is 22.3 Å². The van der Waals surface area contributed by atoms with Crippen LogP contribution in [0.2, 0.25) is 0 Å². The van der Waals surface area contributed by atoms with Gasteiger partial charge >= 0.3 is 0 Å². The standard InChI is InChI=1S/C14H16N2O2/c15-10-12-2-4-13(5-3-12)14(17)11-16-6-1-8-18-9-7-16/h2-5H,1,6-9,11H2. The molecule has 0 bridgehead atoms. The van der Waals surface area contributed by atoms with Crippen molar-refractivity contribution in [2.24, 2.45) is 0 Å². The third-order valence-corrected chi connectivity index (χ3v) is 3.02. The average molecular weight is 244 g/mol. The van der Waals surface area contributed by atoms with Gasteiger partial charge in [0.05, 0.1) is 24.8 Å². The van der Waals surface area contributed by atoms with E-state index in [1.165, 1.54) is 0 Å². The number of hydrogen-bond donors (Lipinski definition) is 0. The molecule has 0 aliphatic carbocycles. The van der Waals surface area contributed by atoms with Crippen LogP contribution in [-0.4, -0.2) is 43.5 Å². The van der Waals surface area contributed by atoms with Gasteiger partial charge in [0.1, 0.15) is 0 Å².